The van der Waals surface area contributed by atoms with E-state index in [1.54, 1.807) is 11.8 Å². The minimum absolute atomic E-state index is 0.129. The number of rotatable bonds is 6. The number of nitrogens with one attached hydrogen (secondary N) is 2. The molecular weight excluding hydrogens is 422 g/mol. The molecule has 1 aliphatic carbocycles. The molecule has 2 aliphatic heterocycles. The summed E-state index contributed by atoms with van der Waals surface area (Å²) in [5.74, 6) is -0.976. The van der Waals surface area contributed by atoms with Gasteiger partial charge in [0, 0.05) is 36.9 Å². The summed E-state index contributed by atoms with van der Waals surface area (Å²) in [5.41, 5.74) is 0.0928. The third-order valence-corrected chi connectivity index (χ3v) is 6.47. The SMILES string of the molecule is CC1(C2CC2)NC(=O)N(CC(=O)NCC(=O)N2CCN(c3cccc(Cl)c3)CC2)C1=O. The van der Waals surface area contributed by atoms with Crippen molar-refractivity contribution in [1.29, 1.82) is 0 Å². The Balaban J connectivity index is 1.22. The summed E-state index contributed by atoms with van der Waals surface area (Å²) >= 11 is 6.05. The van der Waals surface area contributed by atoms with Crippen molar-refractivity contribution in [1.82, 2.24) is 20.4 Å². The molecular formula is C21H26ClN5O4. The van der Waals surface area contributed by atoms with Gasteiger partial charge in [-0.25, -0.2) is 4.79 Å². The van der Waals surface area contributed by atoms with Gasteiger partial charge >= 0.3 is 6.03 Å². The first-order chi connectivity index (χ1) is 14.8. The Morgan fingerprint density at radius 1 is 1.19 bits per heavy atom. The van der Waals surface area contributed by atoms with Crippen LogP contribution in [0.1, 0.15) is 19.8 Å². The highest BCUT2D eigenvalue weighted by Crippen LogP contribution is 2.42. The van der Waals surface area contributed by atoms with Crippen molar-refractivity contribution >= 4 is 41.0 Å². The number of urea groups is 1. The molecule has 9 nitrogen and oxygen atoms in total. The summed E-state index contributed by atoms with van der Waals surface area (Å²) in [6, 6.07) is 7.03. The number of halogens is 1. The van der Waals surface area contributed by atoms with Crippen LogP contribution in [0.3, 0.4) is 0 Å². The molecule has 5 amide bonds. The zero-order valence-electron chi connectivity index (χ0n) is 17.4. The van der Waals surface area contributed by atoms with Gasteiger partial charge in [-0.1, -0.05) is 17.7 Å². The highest BCUT2D eigenvalue weighted by Gasteiger charge is 2.56. The van der Waals surface area contributed by atoms with Crippen molar-refractivity contribution in [3.05, 3.63) is 29.3 Å². The van der Waals surface area contributed by atoms with Crippen LogP contribution in [0.5, 0.6) is 0 Å². The van der Waals surface area contributed by atoms with Crippen molar-refractivity contribution < 1.29 is 19.2 Å². The Morgan fingerprint density at radius 2 is 1.90 bits per heavy atom. The Morgan fingerprint density at radius 3 is 2.55 bits per heavy atom. The minimum atomic E-state index is -0.921. The predicted molar refractivity (Wildman–Crippen MR) is 115 cm³/mol. The average Bonchev–Trinajstić information content (AvgIpc) is 3.58. The fraction of sp³-hybridized carbons (Fsp3) is 0.524. The fourth-order valence-corrected chi connectivity index (χ4v) is 4.35. The number of carbonyl (C=O) groups excluding carboxylic acids is 4. The van der Waals surface area contributed by atoms with E-state index in [1.165, 1.54) is 0 Å². The molecule has 1 unspecified atom stereocenters. The fourth-order valence-electron chi connectivity index (χ4n) is 4.17. The maximum atomic E-state index is 12.6. The molecule has 2 saturated heterocycles. The quantitative estimate of drug-likeness (QED) is 0.629. The molecule has 0 aromatic heterocycles. The van der Waals surface area contributed by atoms with E-state index in [-0.39, 0.29) is 30.8 Å². The van der Waals surface area contributed by atoms with Crippen LogP contribution in [0.2, 0.25) is 5.02 Å². The summed E-state index contributed by atoms with van der Waals surface area (Å²) < 4.78 is 0. The standard InChI is InChI=1S/C21H26ClN5O4/c1-21(14-5-6-14)19(30)27(20(31)24-21)13-17(28)23-12-18(29)26-9-7-25(8-10-26)16-4-2-3-15(22)11-16/h2-4,11,14H,5-10,12-13H2,1H3,(H,23,28)(H,24,31). The van der Waals surface area contributed by atoms with Gasteiger partial charge in [0.2, 0.25) is 11.8 Å². The first-order valence-electron chi connectivity index (χ1n) is 10.5. The molecule has 0 radical (unpaired) electrons. The first-order valence-corrected chi connectivity index (χ1v) is 10.8. The Hall–Kier alpha value is -2.81. The number of carbonyl (C=O) groups is 4. The molecule has 1 aromatic rings. The molecule has 10 heteroatoms. The lowest BCUT2D eigenvalue weighted by Crippen LogP contribution is -2.52. The summed E-state index contributed by atoms with van der Waals surface area (Å²) in [5, 5.41) is 5.91. The number of hydrogen-bond donors (Lipinski definition) is 2. The van der Waals surface area contributed by atoms with E-state index < -0.39 is 17.5 Å². The zero-order chi connectivity index (χ0) is 22.2. The molecule has 3 aliphatic rings. The third kappa shape index (κ3) is 4.46. The lowest BCUT2D eigenvalue weighted by Gasteiger charge is -2.36. The zero-order valence-corrected chi connectivity index (χ0v) is 18.2. The van der Waals surface area contributed by atoms with E-state index in [4.69, 9.17) is 11.6 Å². The monoisotopic (exact) mass is 447 g/mol. The first kappa shape index (κ1) is 21.4. The molecule has 166 valence electrons. The van der Waals surface area contributed by atoms with Gasteiger partial charge in [0.25, 0.3) is 5.91 Å². The molecule has 2 heterocycles. The molecule has 1 aromatic carbocycles. The van der Waals surface area contributed by atoms with Gasteiger partial charge in [-0.05, 0) is 43.9 Å². The van der Waals surface area contributed by atoms with Crippen molar-refractivity contribution in [3.8, 4) is 0 Å². The molecule has 2 N–H and O–H groups in total. The summed E-state index contributed by atoms with van der Waals surface area (Å²) in [7, 11) is 0. The number of anilines is 1. The second-order valence-corrected chi connectivity index (χ2v) is 8.86. The van der Waals surface area contributed by atoms with Crippen LogP contribution < -0.4 is 15.5 Å². The van der Waals surface area contributed by atoms with Crippen molar-refractivity contribution in [2.45, 2.75) is 25.3 Å². The van der Waals surface area contributed by atoms with Crippen molar-refractivity contribution in [2.24, 2.45) is 5.92 Å². The van der Waals surface area contributed by atoms with Gasteiger partial charge in [0.05, 0.1) is 6.54 Å². The lowest BCUT2D eigenvalue weighted by atomic mass is 9.96. The third-order valence-electron chi connectivity index (χ3n) is 6.24. The second kappa shape index (κ2) is 8.37. The minimum Gasteiger partial charge on any atom is -0.368 e. The topological polar surface area (TPSA) is 102 Å². The van der Waals surface area contributed by atoms with E-state index >= 15 is 0 Å². The van der Waals surface area contributed by atoms with Gasteiger partial charge in [-0.2, -0.15) is 0 Å². The van der Waals surface area contributed by atoms with Crippen molar-refractivity contribution in [2.75, 3.05) is 44.2 Å². The number of piperazine rings is 1. The summed E-state index contributed by atoms with van der Waals surface area (Å²) in [4.78, 5) is 54.3. The number of nitrogens with zero attached hydrogens (tertiary/aromatic N) is 3. The number of benzene rings is 1. The second-order valence-electron chi connectivity index (χ2n) is 8.42. The molecule has 1 atom stereocenters. The maximum Gasteiger partial charge on any atom is 0.325 e. The predicted octanol–water partition coefficient (Wildman–Crippen LogP) is 0.825. The van der Waals surface area contributed by atoms with Gasteiger partial charge in [-0.15, -0.1) is 0 Å². The maximum absolute atomic E-state index is 12.6. The number of hydrogen-bond acceptors (Lipinski definition) is 5. The van der Waals surface area contributed by atoms with Gasteiger partial charge in [0.1, 0.15) is 12.1 Å². The van der Waals surface area contributed by atoms with E-state index in [2.05, 4.69) is 15.5 Å². The average molecular weight is 448 g/mol. The largest absolute Gasteiger partial charge is 0.368 e. The van der Waals surface area contributed by atoms with E-state index in [0.717, 1.165) is 23.4 Å². The van der Waals surface area contributed by atoms with Gasteiger partial charge in [-0.3, -0.25) is 19.3 Å². The van der Waals surface area contributed by atoms with Crippen LogP contribution in [0, 0.1) is 5.92 Å². The molecule has 3 fully saturated rings. The number of imide groups is 1. The highest BCUT2D eigenvalue weighted by atomic mass is 35.5. The normalized spacial score (nSPS) is 23.7. The summed E-state index contributed by atoms with van der Waals surface area (Å²) in [6.45, 7) is 3.56. The molecule has 1 saturated carbocycles. The van der Waals surface area contributed by atoms with Crippen molar-refractivity contribution in [3.63, 3.8) is 0 Å². The Bertz CT molecular complexity index is 913. The molecule has 4 rings (SSSR count). The van der Waals surface area contributed by atoms with Crippen LogP contribution >= 0.6 is 11.6 Å². The van der Waals surface area contributed by atoms with Crippen LogP contribution in [-0.4, -0.2) is 78.4 Å². The highest BCUT2D eigenvalue weighted by molar-refractivity contribution is 6.30. The van der Waals surface area contributed by atoms with Gasteiger partial charge in [0.15, 0.2) is 0 Å². The Labute approximate surface area is 185 Å². The Kier molecular flexibility index (Phi) is 5.79. The molecule has 31 heavy (non-hydrogen) atoms. The lowest BCUT2D eigenvalue weighted by molar-refractivity contribution is -0.136. The van der Waals surface area contributed by atoms with E-state index in [1.807, 2.05) is 24.3 Å². The smallest absolute Gasteiger partial charge is 0.325 e. The summed E-state index contributed by atoms with van der Waals surface area (Å²) in [6.07, 6.45) is 1.78. The van der Waals surface area contributed by atoms with Crippen LogP contribution in [0.15, 0.2) is 24.3 Å². The van der Waals surface area contributed by atoms with Gasteiger partial charge < -0.3 is 20.4 Å². The van der Waals surface area contributed by atoms with Crippen LogP contribution in [-0.2, 0) is 14.4 Å². The molecule has 0 spiro atoms. The van der Waals surface area contributed by atoms with Crippen LogP contribution in [0.25, 0.3) is 0 Å². The van der Waals surface area contributed by atoms with E-state index in [9.17, 15) is 19.2 Å². The van der Waals surface area contributed by atoms with E-state index in [0.29, 0.717) is 31.2 Å². The number of amides is 5. The molecule has 0 bridgehead atoms. The van der Waals surface area contributed by atoms with Crippen LogP contribution in [0.4, 0.5) is 10.5 Å².